The Hall–Kier alpha value is -2.93. The van der Waals surface area contributed by atoms with E-state index in [0.717, 1.165) is 28.9 Å². The third kappa shape index (κ3) is 5.79. The first kappa shape index (κ1) is 18.8. The lowest BCUT2D eigenvalue weighted by Gasteiger charge is -2.08. The number of hydrogen-bond donors (Lipinski definition) is 2. The van der Waals surface area contributed by atoms with Crippen molar-refractivity contribution in [2.24, 2.45) is 0 Å². The van der Waals surface area contributed by atoms with Crippen LogP contribution in [0, 0.1) is 0 Å². The fourth-order valence-electron chi connectivity index (χ4n) is 2.61. The molecule has 3 aromatic rings. The number of rotatable bonds is 9. The number of aromatic nitrogens is 1. The molecule has 6 nitrogen and oxygen atoms in total. The standard InChI is InChI=1S/C20H20N2O4S/c23-18(9-4-10-19-22-16-7-1-2-8-17(16)27-19)21-12-14-5-3-6-15(11-14)26-13-20(24)25/h1-3,5-8,11H,4,9-10,12-13H2,(H,21,23)(H,24,25). The van der Waals surface area contributed by atoms with Crippen LogP contribution in [0.3, 0.4) is 0 Å². The lowest BCUT2D eigenvalue weighted by atomic mass is 10.2. The summed E-state index contributed by atoms with van der Waals surface area (Å²) in [7, 11) is 0. The Morgan fingerprint density at radius 1 is 1.15 bits per heavy atom. The average Bonchev–Trinajstić information content (AvgIpc) is 3.08. The van der Waals surface area contributed by atoms with Crippen molar-refractivity contribution in [3.05, 3.63) is 59.1 Å². The van der Waals surface area contributed by atoms with Gasteiger partial charge in [-0.1, -0.05) is 24.3 Å². The number of hydrogen-bond acceptors (Lipinski definition) is 5. The monoisotopic (exact) mass is 384 g/mol. The van der Waals surface area contributed by atoms with Gasteiger partial charge in [0.25, 0.3) is 0 Å². The molecule has 1 aromatic heterocycles. The van der Waals surface area contributed by atoms with E-state index in [-0.39, 0.29) is 12.5 Å². The van der Waals surface area contributed by atoms with Crippen LogP contribution in [0.25, 0.3) is 10.2 Å². The van der Waals surface area contributed by atoms with Gasteiger partial charge in [0, 0.05) is 13.0 Å². The van der Waals surface area contributed by atoms with Gasteiger partial charge in [-0.3, -0.25) is 4.79 Å². The van der Waals surface area contributed by atoms with Gasteiger partial charge in [-0.15, -0.1) is 11.3 Å². The summed E-state index contributed by atoms with van der Waals surface area (Å²) >= 11 is 1.67. The highest BCUT2D eigenvalue weighted by Crippen LogP contribution is 2.22. The van der Waals surface area contributed by atoms with E-state index in [1.807, 2.05) is 24.3 Å². The average molecular weight is 384 g/mol. The van der Waals surface area contributed by atoms with Crippen molar-refractivity contribution in [2.75, 3.05) is 6.61 Å². The summed E-state index contributed by atoms with van der Waals surface area (Å²) in [4.78, 5) is 27.2. The number of aliphatic carboxylic acids is 1. The number of benzene rings is 2. The highest BCUT2D eigenvalue weighted by atomic mass is 32.1. The molecule has 0 unspecified atom stereocenters. The number of para-hydroxylation sites is 1. The summed E-state index contributed by atoms with van der Waals surface area (Å²) in [6, 6.07) is 15.1. The van der Waals surface area contributed by atoms with Crippen LogP contribution in [0.15, 0.2) is 48.5 Å². The Balaban J connectivity index is 1.41. The van der Waals surface area contributed by atoms with E-state index in [2.05, 4.69) is 16.4 Å². The molecular weight excluding hydrogens is 364 g/mol. The van der Waals surface area contributed by atoms with Gasteiger partial charge >= 0.3 is 5.97 Å². The maximum absolute atomic E-state index is 12.0. The number of fused-ring (bicyclic) bond motifs is 1. The molecule has 0 aliphatic heterocycles. The molecule has 7 heteroatoms. The molecule has 0 aliphatic rings. The zero-order valence-corrected chi connectivity index (χ0v) is 15.5. The van der Waals surface area contributed by atoms with E-state index in [4.69, 9.17) is 9.84 Å². The van der Waals surface area contributed by atoms with E-state index in [9.17, 15) is 9.59 Å². The predicted molar refractivity (Wildman–Crippen MR) is 104 cm³/mol. The second kappa shape index (κ2) is 9.14. The summed E-state index contributed by atoms with van der Waals surface area (Å²) < 4.78 is 6.30. The van der Waals surface area contributed by atoms with E-state index in [1.54, 1.807) is 29.5 Å². The Labute approximate surface area is 160 Å². The molecule has 0 saturated carbocycles. The fourth-order valence-corrected chi connectivity index (χ4v) is 3.62. The number of carbonyl (C=O) groups excluding carboxylic acids is 1. The number of nitrogens with zero attached hydrogens (tertiary/aromatic N) is 1. The van der Waals surface area contributed by atoms with Gasteiger partial charge in [0.1, 0.15) is 5.75 Å². The van der Waals surface area contributed by atoms with Crippen molar-refractivity contribution >= 4 is 33.4 Å². The zero-order valence-electron chi connectivity index (χ0n) is 14.7. The first-order valence-electron chi connectivity index (χ1n) is 8.65. The largest absolute Gasteiger partial charge is 0.482 e. The molecular formula is C20H20N2O4S. The minimum absolute atomic E-state index is 0.0204. The van der Waals surface area contributed by atoms with Crippen LogP contribution >= 0.6 is 11.3 Å². The van der Waals surface area contributed by atoms with Crippen LogP contribution in [-0.2, 0) is 22.6 Å². The van der Waals surface area contributed by atoms with E-state index >= 15 is 0 Å². The van der Waals surface area contributed by atoms with Crippen molar-refractivity contribution in [1.29, 1.82) is 0 Å². The molecule has 0 spiro atoms. The van der Waals surface area contributed by atoms with Gasteiger partial charge in [0.15, 0.2) is 6.61 Å². The number of thiazole rings is 1. The van der Waals surface area contributed by atoms with E-state index < -0.39 is 5.97 Å². The summed E-state index contributed by atoms with van der Waals surface area (Å²) in [5, 5.41) is 12.6. The molecule has 1 amide bonds. The van der Waals surface area contributed by atoms with E-state index in [0.29, 0.717) is 18.7 Å². The third-order valence-corrected chi connectivity index (χ3v) is 4.98. The number of amides is 1. The van der Waals surface area contributed by atoms with Crippen molar-refractivity contribution in [2.45, 2.75) is 25.8 Å². The van der Waals surface area contributed by atoms with Crippen molar-refractivity contribution in [3.8, 4) is 5.75 Å². The maximum atomic E-state index is 12.0. The number of ether oxygens (including phenoxy) is 1. The van der Waals surface area contributed by atoms with Crippen molar-refractivity contribution in [3.63, 3.8) is 0 Å². The summed E-state index contributed by atoms with van der Waals surface area (Å²) in [5.74, 6) is -0.574. The Bertz CT molecular complexity index is 905. The number of nitrogens with one attached hydrogen (secondary N) is 1. The minimum Gasteiger partial charge on any atom is -0.482 e. The molecule has 1 heterocycles. The van der Waals surface area contributed by atoms with Crippen LogP contribution in [0.1, 0.15) is 23.4 Å². The zero-order chi connectivity index (χ0) is 19.1. The third-order valence-electron chi connectivity index (χ3n) is 3.88. The van der Waals surface area contributed by atoms with E-state index in [1.165, 1.54) is 4.70 Å². The molecule has 2 aromatic carbocycles. The number of carbonyl (C=O) groups is 2. The van der Waals surface area contributed by atoms with Gasteiger partial charge in [-0.2, -0.15) is 0 Å². The molecule has 2 N–H and O–H groups in total. The normalized spacial score (nSPS) is 10.7. The van der Waals surface area contributed by atoms with Crippen LogP contribution < -0.4 is 10.1 Å². The Morgan fingerprint density at radius 3 is 2.81 bits per heavy atom. The molecule has 0 atom stereocenters. The van der Waals surface area contributed by atoms with Gasteiger partial charge < -0.3 is 15.2 Å². The highest BCUT2D eigenvalue weighted by Gasteiger charge is 2.06. The highest BCUT2D eigenvalue weighted by molar-refractivity contribution is 7.18. The first-order chi connectivity index (χ1) is 13.1. The molecule has 0 fully saturated rings. The quantitative estimate of drug-likeness (QED) is 0.590. The summed E-state index contributed by atoms with van der Waals surface area (Å²) in [5.41, 5.74) is 1.87. The first-order valence-corrected chi connectivity index (χ1v) is 9.46. The molecule has 27 heavy (non-hydrogen) atoms. The van der Waals surface area contributed by atoms with Gasteiger partial charge in [0.2, 0.25) is 5.91 Å². The number of aryl methyl sites for hydroxylation is 1. The summed E-state index contributed by atoms with van der Waals surface area (Å²) in [6.45, 7) is -0.00811. The lowest BCUT2D eigenvalue weighted by molar-refractivity contribution is -0.139. The Morgan fingerprint density at radius 2 is 2.00 bits per heavy atom. The topological polar surface area (TPSA) is 88.5 Å². The molecule has 0 saturated heterocycles. The lowest BCUT2D eigenvalue weighted by Crippen LogP contribution is -2.22. The molecule has 0 bridgehead atoms. The van der Waals surface area contributed by atoms with Crippen LogP contribution in [0.5, 0.6) is 5.75 Å². The van der Waals surface area contributed by atoms with Crippen molar-refractivity contribution < 1.29 is 19.4 Å². The van der Waals surface area contributed by atoms with Crippen LogP contribution in [0.2, 0.25) is 0 Å². The number of carboxylic acids is 1. The van der Waals surface area contributed by atoms with Gasteiger partial charge in [-0.05, 0) is 42.7 Å². The van der Waals surface area contributed by atoms with Gasteiger partial charge in [0.05, 0.1) is 15.2 Å². The number of carboxylic acid groups (broad SMARTS) is 1. The Kier molecular flexibility index (Phi) is 6.38. The van der Waals surface area contributed by atoms with Crippen molar-refractivity contribution in [1.82, 2.24) is 10.3 Å². The van der Waals surface area contributed by atoms with Gasteiger partial charge in [-0.25, -0.2) is 9.78 Å². The SMILES string of the molecule is O=C(O)COc1cccc(CNC(=O)CCCc2nc3ccccc3s2)c1. The minimum atomic E-state index is -1.03. The predicted octanol–water partition coefficient (Wildman–Crippen LogP) is 3.40. The molecule has 0 aliphatic carbocycles. The smallest absolute Gasteiger partial charge is 0.341 e. The second-order valence-electron chi connectivity index (χ2n) is 6.04. The van der Waals surface area contributed by atoms with Crippen LogP contribution in [-0.4, -0.2) is 28.6 Å². The second-order valence-corrected chi connectivity index (χ2v) is 7.15. The maximum Gasteiger partial charge on any atom is 0.341 e. The summed E-state index contributed by atoms with van der Waals surface area (Å²) in [6.07, 6.45) is 1.96. The van der Waals surface area contributed by atoms with Crippen LogP contribution in [0.4, 0.5) is 0 Å². The molecule has 0 radical (unpaired) electrons. The molecule has 140 valence electrons. The molecule has 3 rings (SSSR count). The fraction of sp³-hybridized carbons (Fsp3) is 0.250.